The molecule has 136 valence electrons. The van der Waals surface area contributed by atoms with Crippen LogP contribution in [-0.4, -0.2) is 28.2 Å². The Hall–Kier alpha value is -2.83. The number of rotatable bonds is 4. The highest BCUT2D eigenvalue weighted by atomic mass is 19.1. The van der Waals surface area contributed by atoms with E-state index in [2.05, 4.69) is 10.3 Å². The van der Waals surface area contributed by atoms with Crippen molar-refractivity contribution in [2.45, 2.75) is 32.4 Å². The number of hydrogen-bond donors (Lipinski definition) is 1. The van der Waals surface area contributed by atoms with Crippen LogP contribution in [0.25, 0.3) is 0 Å². The molecular formula is C19H19F2N3O2. The first-order valence-corrected chi connectivity index (χ1v) is 8.42. The van der Waals surface area contributed by atoms with Gasteiger partial charge >= 0.3 is 0 Å². The summed E-state index contributed by atoms with van der Waals surface area (Å²) in [6.45, 7) is 2.22. The van der Waals surface area contributed by atoms with E-state index in [0.717, 1.165) is 12.5 Å². The summed E-state index contributed by atoms with van der Waals surface area (Å²) in [7, 11) is 0. The highest BCUT2D eigenvalue weighted by Crippen LogP contribution is 2.32. The van der Waals surface area contributed by atoms with E-state index >= 15 is 0 Å². The second-order valence-electron chi connectivity index (χ2n) is 6.24. The van der Waals surface area contributed by atoms with Gasteiger partial charge in [-0.05, 0) is 37.1 Å². The third-order valence-corrected chi connectivity index (χ3v) is 4.36. The van der Waals surface area contributed by atoms with Crippen LogP contribution in [0.3, 0.4) is 0 Å². The number of nitrogens with one attached hydrogen (secondary N) is 1. The Kier molecular flexibility index (Phi) is 5.25. The van der Waals surface area contributed by atoms with E-state index in [9.17, 15) is 18.4 Å². The number of carbonyl (C=O) groups is 2. The van der Waals surface area contributed by atoms with Crippen molar-refractivity contribution in [2.75, 3.05) is 6.54 Å². The number of benzene rings is 1. The normalized spacial score (nSPS) is 16.6. The van der Waals surface area contributed by atoms with Gasteiger partial charge in [-0.15, -0.1) is 0 Å². The summed E-state index contributed by atoms with van der Waals surface area (Å²) >= 11 is 0. The lowest BCUT2D eigenvalue weighted by molar-refractivity contribution is -0.119. The molecule has 1 fully saturated rings. The molecule has 0 spiro atoms. The lowest BCUT2D eigenvalue weighted by Gasteiger charge is -2.25. The standard InChI is InChI=1S/C19H19F2N3O2/c1-12(25)22-11-14-4-2-5-17(23-14)18-6-3-9-24(18)19(26)15-8-7-13(20)10-16(15)21/h2,4-5,7-8,10,18H,3,6,9,11H2,1H3,(H,22,25)/t18-/m1/s1. The molecule has 0 unspecified atom stereocenters. The smallest absolute Gasteiger partial charge is 0.257 e. The van der Waals surface area contributed by atoms with Crippen LogP contribution in [0.15, 0.2) is 36.4 Å². The molecular weight excluding hydrogens is 340 g/mol. The molecule has 0 aliphatic carbocycles. The van der Waals surface area contributed by atoms with Gasteiger partial charge < -0.3 is 10.2 Å². The van der Waals surface area contributed by atoms with Gasteiger partial charge in [0, 0.05) is 19.5 Å². The molecule has 0 radical (unpaired) electrons. The number of nitrogens with zero attached hydrogens (tertiary/aromatic N) is 2. The maximum Gasteiger partial charge on any atom is 0.257 e. The number of aromatic nitrogens is 1. The quantitative estimate of drug-likeness (QED) is 0.913. The van der Waals surface area contributed by atoms with E-state index in [1.54, 1.807) is 11.0 Å². The SMILES string of the molecule is CC(=O)NCc1cccc([C@H]2CCCN2C(=O)c2ccc(F)cc2F)n1. The summed E-state index contributed by atoms with van der Waals surface area (Å²) in [5.41, 5.74) is 1.24. The molecule has 26 heavy (non-hydrogen) atoms. The third kappa shape index (κ3) is 3.87. The number of carbonyl (C=O) groups excluding carboxylic acids is 2. The van der Waals surface area contributed by atoms with E-state index in [1.165, 1.54) is 13.0 Å². The summed E-state index contributed by atoms with van der Waals surface area (Å²) < 4.78 is 27.1. The van der Waals surface area contributed by atoms with Gasteiger partial charge in [-0.25, -0.2) is 8.78 Å². The van der Waals surface area contributed by atoms with Crippen LogP contribution in [0, 0.1) is 11.6 Å². The Morgan fingerprint density at radius 1 is 1.27 bits per heavy atom. The van der Waals surface area contributed by atoms with Crippen LogP contribution in [-0.2, 0) is 11.3 Å². The first-order valence-electron chi connectivity index (χ1n) is 8.42. The molecule has 7 heteroatoms. The van der Waals surface area contributed by atoms with E-state index in [0.29, 0.717) is 37.0 Å². The summed E-state index contributed by atoms with van der Waals surface area (Å²) in [5.74, 6) is -2.21. The molecule has 2 amide bonds. The molecule has 3 rings (SSSR count). The summed E-state index contributed by atoms with van der Waals surface area (Å²) in [6.07, 6.45) is 1.49. The molecule has 1 aromatic carbocycles. The van der Waals surface area contributed by atoms with Crippen LogP contribution in [0.2, 0.25) is 0 Å². The first-order chi connectivity index (χ1) is 12.5. The Morgan fingerprint density at radius 2 is 2.08 bits per heavy atom. The molecule has 1 saturated heterocycles. The fourth-order valence-corrected chi connectivity index (χ4v) is 3.13. The number of hydrogen-bond acceptors (Lipinski definition) is 3. The Bertz CT molecular complexity index is 841. The van der Waals surface area contributed by atoms with Crippen LogP contribution < -0.4 is 5.32 Å². The summed E-state index contributed by atoms with van der Waals surface area (Å²) in [4.78, 5) is 29.9. The van der Waals surface area contributed by atoms with Gasteiger partial charge in [0.15, 0.2) is 0 Å². The van der Waals surface area contributed by atoms with E-state index in [1.807, 2.05) is 12.1 Å². The zero-order valence-electron chi connectivity index (χ0n) is 14.3. The third-order valence-electron chi connectivity index (χ3n) is 4.36. The van der Waals surface area contributed by atoms with Gasteiger partial charge in [0.05, 0.1) is 29.5 Å². The van der Waals surface area contributed by atoms with Gasteiger partial charge in [-0.3, -0.25) is 14.6 Å². The minimum atomic E-state index is -0.868. The monoisotopic (exact) mass is 359 g/mol. The first kappa shape index (κ1) is 18.0. The van der Waals surface area contributed by atoms with Crippen molar-refractivity contribution in [1.29, 1.82) is 0 Å². The Balaban J connectivity index is 1.83. The topological polar surface area (TPSA) is 62.3 Å². The Morgan fingerprint density at radius 3 is 2.81 bits per heavy atom. The number of halogens is 2. The molecule has 0 bridgehead atoms. The average molecular weight is 359 g/mol. The number of likely N-dealkylation sites (tertiary alicyclic amines) is 1. The predicted molar refractivity (Wildman–Crippen MR) is 91.1 cm³/mol. The van der Waals surface area contributed by atoms with Crippen molar-refractivity contribution in [1.82, 2.24) is 15.2 Å². The minimum Gasteiger partial charge on any atom is -0.351 e. The van der Waals surface area contributed by atoms with Crippen LogP contribution >= 0.6 is 0 Å². The van der Waals surface area contributed by atoms with Crippen molar-refractivity contribution in [3.63, 3.8) is 0 Å². The van der Waals surface area contributed by atoms with Crippen molar-refractivity contribution in [3.05, 3.63) is 65.0 Å². The van der Waals surface area contributed by atoms with Crippen molar-refractivity contribution >= 4 is 11.8 Å². The summed E-state index contributed by atoms with van der Waals surface area (Å²) in [5, 5.41) is 2.69. The number of pyridine rings is 1. The van der Waals surface area contributed by atoms with Gasteiger partial charge in [0.25, 0.3) is 5.91 Å². The highest BCUT2D eigenvalue weighted by Gasteiger charge is 2.32. The van der Waals surface area contributed by atoms with Crippen LogP contribution in [0.5, 0.6) is 0 Å². The maximum atomic E-state index is 14.0. The zero-order chi connectivity index (χ0) is 18.7. The molecule has 5 nitrogen and oxygen atoms in total. The number of amides is 2. The molecule has 1 aliphatic heterocycles. The molecule has 2 heterocycles. The summed E-state index contributed by atoms with van der Waals surface area (Å²) in [6, 6.07) is 8.11. The second kappa shape index (κ2) is 7.59. The van der Waals surface area contributed by atoms with Gasteiger partial charge in [-0.2, -0.15) is 0 Å². The van der Waals surface area contributed by atoms with Gasteiger partial charge in [0.1, 0.15) is 11.6 Å². The average Bonchev–Trinajstić information content (AvgIpc) is 3.09. The van der Waals surface area contributed by atoms with E-state index in [4.69, 9.17) is 0 Å². The van der Waals surface area contributed by atoms with E-state index in [-0.39, 0.29) is 17.5 Å². The lowest BCUT2D eigenvalue weighted by Crippen LogP contribution is -2.32. The lowest BCUT2D eigenvalue weighted by atomic mass is 10.1. The highest BCUT2D eigenvalue weighted by molar-refractivity contribution is 5.95. The molecule has 1 N–H and O–H groups in total. The van der Waals surface area contributed by atoms with Crippen molar-refractivity contribution in [2.24, 2.45) is 0 Å². The molecule has 0 saturated carbocycles. The predicted octanol–water partition coefficient (Wildman–Crippen LogP) is 2.97. The minimum absolute atomic E-state index is 0.146. The fraction of sp³-hybridized carbons (Fsp3) is 0.316. The van der Waals surface area contributed by atoms with Gasteiger partial charge in [-0.1, -0.05) is 6.07 Å². The maximum absolute atomic E-state index is 14.0. The second-order valence-corrected chi connectivity index (χ2v) is 6.24. The van der Waals surface area contributed by atoms with Gasteiger partial charge in [0.2, 0.25) is 5.91 Å². The van der Waals surface area contributed by atoms with Crippen LogP contribution in [0.1, 0.15) is 47.6 Å². The van der Waals surface area contributed by atoms with E-state index < -0.39 is 17.5 Å². The van der Waals surface area contributed by atoms with Crippen LogP contribution in [0.4, 0.5) is 8.78 Å². The molecule has 1 aromatic heterocycles. The molecule has 1 aliphatic rings. The molecule has 1 atom stereocenters. The molecule has 2 aromatic rings. The fourth-order valence-electron chi connectivity index (χ4n) is 3.13. The Labute approximate surface area is 150 Å². The van der Waals surface area contributed by atoms with Crippen molar-refractivity contribution < 1.29 is 18.4 Å². The zero-order valence-corrected chi connectivity index (χ0v) is 14.3. The largest absolute Gasteiger partial charge is 0.351 e. The van der Waals surface area contributed by atoms with Crippen molar-refractivity contribution in [3.8, 4) is 0 Å².